The number of amides is 3. The summed E-state index contributed by atoms with van der Waals surface area (Å²) in [6.45, 7) is 7.56. The van der Waals surface area contributed by atoms with Gasteiger partial charge < -0.3 is 24.2 Å². The molecule has 3 aliphatic rings. The molecule has 1 aliphatic carbocycles. The molecule has 3 fully saturated rings. The molecule has 0 radical (unpaired) electrons. The number of rotatable bonds is 6. The second-order valence-corrected chi connectivity index (χ2v) is 12.0. The van der Waals surface area contributed by atoms with Gasteiger partial charge in [0.1, 0.15) is 11.4 Å². The van der Waals surface area contributed by atoms with E-state index in [2.05, 4.69) is 9.97 Å². The van der Waals surface area contributed by atoms with Crippen LogP contribution in [0.4, 0.5) is 9.18 Å². The number of halogens is 1. The Kier molecular flexibility index (Phi) is 8.26. The fourth-order valence-corrected chi connectivity index (χ4v) is 5.48. The molecule has 0 bridgehead atoms. The van der Waals surface area contributed by atoms with Crippen molar-refractivity contribution in [2.24, 2.45) is 0 Å². The van der Waals surface area contributed by atoms with Crippen LogP contribution in [0.1, 0.15) is 73.6 Å². The number of methoxy groups -OCH3 is 1. The summed E-state index contributed by atoms with van der Waals surface area (Å²) >= 11 is 0. The number of carbonyl (C=O) groups is 3. The van der Waals surface area contributed by atoms with Crippen LogP contribution in [0.2, 0.25) is 0 Å². The lowest BCUT2D eigenvalue weighted by Gasteiger charge is -2.39. The van der Waals surface area contributed by atoms with Crippen LogP contribution in [0.15, 0.2) is 30.6 Å². The maximum Gasteiger partial charge on any atom is 0.410 e. The van der Waals surface area contributed by atoms with E-state index in [0.29, 0.717) is 50.1 Å². The predicted molar refractivity (Wildman–Crippen MR) is 149 cm³/mol. The summed E-state index contributed by atoms with van der Waals surface area (Å²) in [7, 11) is 1.60. The third kappa shape index (κ3) is 6.66. The minimum Gasteiger partial charge on any atom is -0.444 e. The first kappa shape index (κ1) is 28.9. The van der Waals surface area contributed by atoms with Gasteiger partial charge in [-0.2, -0.15) is 0 Å². The second-order valence-electron chi connectivity index (χ2n) is 12.0. The van der Waals surface area contributed by atoms with Crippen LogP contribution in [0.5, 0.6) is 0 Å². The lowest BCUT2D eigenvalue weighted by molar-refractivity contribution is 0.0142. The molecule has 1 aromatic heterocycles. The van der Waals surface area contributed by atoms with Crippen molar-refractivity contribution < 1.29 is 28.2 Å². The lowest BCUT2D eigenvalue weighted by atomic mass is 10.0. The number of benzene rings is 1. The Labute approximate surface area is 239 Å². The zero-order chi connectivity index (χ0) is 29.3. The van der Waals surface area contributed by atoms with Gasteiger partial charge in [0.05, 0.1) is 17.2 Å². The van der Waals surface area contributed by atoms with E-state index in [-0.39, 0.29) is 47.5 Å². The number of aromatic nitrogens is 2. The van der Waals surface area contributed by atoms with Gasteiger partial charge in [0.25, 0.3) is 11.8 Å². The van der Waals surface area contributed by atoms with Crippen LogP contribution < -0.4 is 0 Å². The molecule has 1 saturated carbocycles. The van der Waals surface area contributed by atoms with Gasteiger partial charge in [-0.05, 0) is 65.0 Å². The minimum absolute atomic E-state index is 0.00454. The molecule has 2 aliphatic heterocycles. The van der Waals surface area contributed by atoms with Crippen LogP contribution in [0.3, 0.4) is 0 Å². The fourth-order valence-electron chi connectivity index (χ4n) is 5.48. The summed E-state index contributed by atoms with van der Waals surface area (Å²) < 4.78 is 25.8. The molecular formula is C30H38FN5O5. The molecule has 1 atom stereocenters. The standard InChI is InChI=1S/C30H38FN5O5/c1-30(2,3)41-29(39)34-12-9-22(10-13-34)36(21-6-7-21)27(37)20-16-32-26(33-17-20)19-5-8-24(25(31)15-19)28(38)35-14-11-23(18-35)40-4/h5,8,15-17,21-23H,6-7,9-14,18H2,1-4H3/t23-/m1/s1. The van der Waals surface area contributed by atoms with Crippen molar-refractivity contribution in [2.45, 2.75) is 76.7 Å². The Morgan fingerprint density at radius 3 is 2.15 bits per heavy atom. The lowest BCUT2D eigenvalue weighted by Crippen LogP contribution is -2.50. The molecule has 0 unspecified atom stereocenters. The van der Waals surface area contributed by atoms with Crippen molar-refractivity contribution in [3.05, 3.63) is 47.5 Å². The van der Waals surface area contributed by atoms with Gasteiger partial charge in [-0.15, -0.1) is 0 Å². The Balaban J connectivity index is 1.23. The average molecular weight is 568 g/mol. The third-order valence-corrected chi connectivity index (χ3v) is 7.81. The number of likely N-dealkylation sites (tertiary alicyclic amines) is 2. The Bertz CT molecular complexity index is 1290. The van der Waals surface area contributed by atoms with Crippen molar-refractivity contribution in [3.8, 4) is 11.4 Å². The van der Waals surface area contributed by atoms with Gasteiger partial charge in [0, 0.05) is 63.3 Å². The Morgan fingerprint density at radius 1 is 0.951 bits per heavy atom. The molecule has 220 valence electrons. The van der Waals surface area contributed by atoms with Crippen molar-refractivity contribution in [1.29, 1.82) is 0 Å². The average Bonchev–Trinajstić information content (AvgIpc) is 3.66. The number of piperidine rings is 1. The molecule has 10 nitrogen and oxygen atoms in total. The topological polar surface area (TPSA) is 105 Å². The molecule has 2 aromatic rings. The van der Waals surface area contributed by atoms with Crippen LogP contribution in [0.25, 0.3) is 11.4 Å². The summed E-state index contributed by atoms with van der Waals surface area (Å²) in [5.74, 6) is -0.882. The fraction of sp³-hybridized carbons (Fsp3) is 0.567. The molecular weight excluding hydrogens is 529 g/mol. The molecule has 0 N–H and O–H groups in total. The zero-order valence-corrected chi connectivity index (χ0v) is 24.1. The van der Waals surface area contributed by atoms with Gasteiger partial charge in [0.15, 0.2) is 5.82 Å². The SMILES string of the molecule is CO[C@@H]1CCN(C(=O)c2ccc(-c3ncc(C(=O)N(C4CC4)C4CCN(C(=O)OC(C)(C)C)CC4)cn3)cc2F)C1. The summed E-state index contributed by atoms with van der Waals surface area (Å²) in [5.41, 5.74) is 0.227. The smallest absolute Gasteiger partial charge is 0.410 e. The van der Waals surface area contributed by atoms with Crippen molar-refractivity contribution >= 4 is 17.9 Å². The Hall–Kier alpha value is -3.60. The first-order valence-electron chi connectivity index (χ1n) is 14.3. The minimum atomic E-state index is -0.644. The molecule has 5 rings (SSSR count). The first-order chi connectivity index (χ1) is 19.5. The highest BCUT2D eigenvalue weighted by Gasteiger charge is 2.40. The van der Waals surface area contributed by atoms with Gasteiger partial charge >= 0.3 is 6.09 Å². The van der Waals surface area contributed by atoms with E-state index in [1.165, 1.54) is 24.5 Å². The van der Waals surface area contributed by atoms with Crippen LogP contribution in [0, 0.1) is 5.82 Å². The highest BCUT2D eigenvalue weighted by Crippen LogP contribution is 2.33. The maximum absolute atomic E-state index is 15.0. The van der Waals surface area contributed by atoms with Crippen molar-refractivity contribution in [2.75, 3.05) is 33.3 Å². The van der Waals surface area contributed by atoms with Crippen LogP contribution >= 0.6 is 0 Å². The monoisotopic (exact) mass is 567 g/mol. The van der Waals surface area contributed by atoms with E-state index >= 15 is 0 Å². The second kappa shape index (κ2) is 11.7. The molecule has 0 spiro atoms. The number of ether oxygens (including phenoxy) is 2. The van der Waals surface area contributed by atoms with Crippen LogP contribution in [-0.4, -0.2) is 99.7 Å². The summed E-state index contributed by atoms with van der Waals surface area (Å²) in [5, 5.41) is 0. The van der Waals surface area contributed by atoms with Gasteiger partial charge in [-0.25, -0.2) is 19.2 Å². The van der Waals surface area contributed by atoms with E-state index in [0.717, 1.165) is 19.3 Å². The number of nitrogens with zero attached hydrogens (tertiary/aromatic N) is 5. The zero-order valence-electron chi connectivity index (χ0n) is 24.1. The number of hydrogen-bond donors (Lipinski definition) is 0. The van der Waals surface area contributed by atoms with Gasteiger partial charge in [-0.3, -0.25) is 9.59 Å². The highest BCUT2D eigenvalue weighted by molar-refractivity contribution is 5.95. The van der Waals surface area contributed by atoms with E-state index in [1.54, 1.807) is 23.0 Å². The summed E-state index contributed by atoms with van der Waals surface area (Å²) in [6.07, 6.45) is 6.57. The van der Waals surface area contributed by atoms with E-state index in [1.807, 2.05) is 25.7 Å². The largest absolute Gasteiger partial charge is 0.444 e. The molecule has 11 heteroatoms. The van der Waals surface area contributed by atoms with Crippen LogP contribution in [-0.2, 0) is 9.47 Å². The first-order valence-corrected chi connectivity index (χ1v) is 14.3. The third-order valence-electron chi connectivity index (χ3n) is 7.81. The predicted octanol–water partition coefficient (Wildman–Crippen LogP) is 4.15. The van der Waals surface area contributed by atoms with Crippen molar-refractivity contribution in [1.82, 2.24) is 24.7 Å². The quantitative estimate of drug-likeness (QED) is 0.517. The normalized spacial score (nSPS) is 19.8. The summed E-state index contributed by atoms with van der Waals surface area (Å²) in [6, 6.07) is 4.51. The highest BCUT2D eigenvalue weighted by atomic mass is 19.1. The molecule has 2 saturated heterocycles. The summed E-state index contributed by atoms with van der Waals surface area (Å²) in [4.78, 5) is 52.7. The number of hydrogen-bond acceptors (Lipinski definition) is 7. The van der Waals surface area contributed by atoms with Gasteiger partial charge in [-0.1, -0.05) is 6.07 Å². The van der Waals surface area contributed by atoms with Gasteiger partial charge in [0.2, 0.25) is 0 Å². The van der Waals surface area contributed by atoms with E-state index in [4.69, 9.17) is 9.47 Å². The van der Waals surface area contributed by atoms with E-state index < -0.39 is 11.4 Å². The molecule has 1 aromatic carbocycles. The Morgan fingerprint density at radius 2 is 1.59 bits per heavy atom. The number of carbonyl (C=O) groups excluding carboxylic acids is 3. The molecule has 3 amide bonds. The van der Waals surface area contributed by atoms with Crippen molar-refractivity contribution in [3.63, 3.8) is 0 Å². The maximum atomic E-state index is 15.0. The molecule has 41 heavy (non-hydrogen) atoms. The molecule has 3 heterocycles. The van der Waals surface area contributed by atoms with E-state index in [9.17, 15) is 18.8 Å².